The number of aryl methyl sites for hydroxylation is 1. The summed E-state index contributed by atoms with van der Waals surface area (Å²) in [5, 5.41) is 9.86. The first kappa shape index (κ1) is 24.5. The molecular formula is C23H33NO7. The Morgan fingerprint density at radius 3 is 2.23 bits per heavy atom. The molecule has 0 radical (unpaired) electrons. The maximum absolute atomic E-state index is 13.1. The van der Waals surface area contributed by atoms with Gasteiger partial charge in [-0.05, 0) is 60.1 Å². The molecule has 0 fully saturated rings. The minimum absolute atomic E-state index is 0.0324. The number of nitrogens with two attached hydrogens (primary N) is 1. The number of benzene rings is 1. The molecule has 3 atom stereocenters. The molecule has 1 aliphatic heterocycles. The van der Waals surface area contributed by atoms with E-state index >= 15 is 0 Å². The van der Waals surface area contributed by atoms with Gasteiger partial charge in [0.15, 0.2) is 0 Å². The zero-order valence-electron chi connectivity index (χ0n) is 19.3. The molecule has 8 heteroatoms. The summed E-state index contributed by atoms with van der Waals surface area (Å²) >= 11 is 0. The molecule has 2 rings (SSSR count). The molecule has 1 amide bonds. The highest BCUT2D eigenvalue weighted by molar-refractivity contribution is 5.88. The van der Waals surface area contributed by atoms with Gasteiger partial charge in [0, 0.05) is 17.5 Å². The number of amides is 1. The first-order chi connectivity index (χ1) is 14.1. The molecule has 0 aliphatic carbocycles. The first-order valence-corrected chi connectivity index (χ1v) is 10.3. The fourth-order valence-electron chi connectivity index (χ4n) is 3.86. The smallest absolute Gasteiger partial charge is 0.310 e. The number of fused-ring (bicyclic) bond motifs is 1. The summed E-state index contributed by atoms with van der Waals surface area (Å²) in [6.07, 6.45) is -0.358. The van der Waals surface area contributed by atoms with Gasteiger partial charge in [-0.2, -0.15) is 0 Å². The molecule has 172 valence electrons. The lowest BCUT2D eigenvalue weighted by molar-refractivity contribution is -0.170. The van der Waals surface area contributed by atoms with Crippen molar-refractivity contribution in [2.45, 2.75) is 72.0 Å². The third-order valence-corrected chi connectivity index (χ3v) is 4.83. The minimum atomic E-state index is -1.15. The molecule has 2 unspecified atom stereocenters. The van der Waals surface area contributed by atoms with Crippen LogP contribution in [0.5, 0.6) is 11.5 Å². The van der Waals surface area contributed by atoms with Gasteiger partial charge in [-0.3, -0.25) is 14.4 Å². The van der Waals surface area contributed by atoms with E-state index in [1.165, 1.54) is 6.07 Å². The summed E-state index contributed by atoms with van der Waals surface area (Å²) in [7, 11) is 0. The van der Waals surface area contributed by atoms with Gasteiger partial charge >= 0.3 is 11.9 Å². The maximum Gasteiger partial charge on any atom is 0.310 e. The third-order valence-electron chi connectivity index (χ3n) is 4.83. The van der Waals surface area contributed by atoms with Crippen LogP contribution in [-0.4, -0.2) is 40.8 Å². The Morgan fingerprint density at radius 1 is 1.13 bits per heavy atom. The number of rotatable bonds is 6. The van der Waals surface area contributed by atoms with Gasteiger partial charge in [-0.1, -0.05) is 0 Å². The number of phenols is 1. The van der Waals surface area contributed by atoms with Crippen LogP contribution in [0, 0.1) is 18.8 Å². The van der Waals surface area contributed by atoms with Crippen molar-refractivity contribution in [1.29, 1.82) is 0 Å². The van der Waals surface area contributed by atoms with E-state index in [4.69, 9.17) is 19.9 Å². The van der Waals surface area contributed by atoms with E-state index < -0.39 is 46.8 Å². The number of ether oxygens (including phenoxy) is 3. The van der Waals surface area contributed by atoms with Gasteiger partial charge in [0.1, 0.15) is 22.7 Å². The molecule has 1 aromatic carbocycles. The van der Waals surface area contributed by atoms with Gasteiger partial charge in [0.05, 0.1) is 24.9 Å². The molecular weight excluding hydrogens is 402 g/mol. The van der Waals surface area contributed by atoms with Gasteiger partial charge in [-0.25, -0.2) is 0 Å². The molecule has 0 bridgehead atoms. The molecule has 0 aromatic heterocycles. The number of esters is 2. The second kappa shape index (κ2) is 8.77. The summed E-state index contributed by atoms with van der Waals surface area (Å²) in [6, 6.07) is 3.01. The van der Waals surface area contributed by atoms with Gasteiger partial charge < -0.3 is 25.1 Å². The van der Waals surface area contributed by atoms with Crippen molar-refractivity contribution >= 4 is 17.8 Å². The maximum atomic E-state index is 13.1. The van der Waals surface area contributed by atoms with E-state index in [1.807, 2.05) is 0 Å². The first-order valence-electron chi connectivity index (χ1n) is 10.3. The Hall–Kier alpha value is -2.77. The highest BCUT2D eigenvalue weighted by Crippen LogP contribution is 2.45. The van der Waals surface area contributed by atoms with E-state index in [9.17, 15) is 19.5 Å². The molecule has 31 heavy (non-hydrogen) atoms. The van der Waals surface area contributed by atoms with Crippen LogP contribution in [-0.2, 0) is 23.9 Å². The van der Waals surface area contributed by atoms with Crippen molar-refractivity contribution in [3.63, 3.8) is 0 Å². The largest absolute Gasteiger partial charge is 0.508 e. The molecule has 8 nitrogen and oxygen atoms in total. The van der Waals surface area contributed by atoms with Crippen LogP contribution in [0.25, 0.3) is 0 Å². The number of carbonyl (C=O) groups is 3. The predicted octanol–water partition coefficient (Wildman–Crippen LogP) is 2.97. The number of hydrogen-bond acceptors (Lipinski definition) is 7. The van der Waals surface area contributed by atoms with Crippen molar-refractivity contribution in [3.05, 3.63) is 23.3 Å². The van der Waals surface area contributed by atoms with Crippen LogP contribution in [0.1, 0.15) is 65.0 Å². The summed E-state index contributed by atoms with van der Waals surface area (Å²) in [5.74, 6) is -4.41. The lowest BCUT2D eigenvalue weighted by Gasteiger charge is -2.31. The van der Waals surface area contributed by atoms with Gasteiger partial charge in [0.25, 0.3) is 0 Å². The van der Waals surface area contributed by atoms with E-state index in [1.54, 1.807) is 54.5 Å². The summed E-state index contributed by atoms with van der Waals surface area (Å²) in [6.45, 7) is 12.1. The second-order valence-electron chi connectivity index (χ2n) is 9.95. The molecule has 3 N–H and O–H groups in total. The minimum Gasteiger partial charge on any atom is -0.508 e. The molecule has 1 aliphatic rings. The van der Waals surface area contributed by atoms with Crippen molar-refractivity contribution in [1.82, 2.24) is 0 Å². The Bertz CT molecular complexity index is 864. The van der Waals surface area contributed by atoms with Crippen LogP contribution in [0.15, 0.2) is 12.1 Å². The Balaban J connectivity index is 2.47. The third kappa shape index (κ3) is 6.35. The zero-order chi connectivity index (χ0) is 23.7. The SMILES string of the molecule is Cc1cc(O)cc2c1C(C(C(N)=O)[C@H](CC(=O)OC(C)(C)C)C(=O)OC(C)(C)C)CO2. The van der Waals surface area contributed by atoms with Crippen LogP contribution in [0.4, 0.5) is 0 Å². The average molecular weight is 436 g/mol. The normalized spacial score (nSPS) is 17.8. The summed E-state index contributed by atoms with van der Waals surface area (Å²) < 4.78 is 16.6. The molecule has 0 spiro atoms. The predicted molar refractivity (Wildman–Crippen MR) is 114 cm³/mol. The second-order valence-corrected chi connectivity index (χ2v) is 9.95. The Labute approximate surface area is 183 Å². The zero-order valence-corrected chi connectivity index (χ0v) is 19.3. The lowest BCUT2D eigenvalue weighted by atomic mass is 9.75. The lowest BCUT2D eigenvalue weighted by Crippen LogP contribution is -2.43. The summed E-state index contributed by atoms with van der Waals surface area (Å²) in [5.41, 5.74) is 5.56. The van der Waals surface area contributed by atoms with E-state index in [0.29, 0.717) is 16.9 Å². The monoisotopic (exact) mass is 435 g/mol. The highest BCUT2D eigenvalue weighted by atomic mass is 16.6. The standard InChI is InChI=1S/C23H33NO7/c1-12-8-13(25)9-16-18(12)15(11-29-16)19(20(24)27)14(21(28)31-23(5,6)7)10-17(26)30-22(2,3)4/h8-9,14-15,19,25H,10-11H2,1-7H3,(H2,24,27)/t14-,15?,19?/m0/s1. The van der Waals surface area contributed by atoms with Crippen molar-refractivity contribution < 1.29 is 33.7 Å². The number of aromatic hydroxyl groups is 1. The highest BCUT2D eigenvalue weighted by Gasteiger charge is 2.46. The van der Waals surface area contributed by atoms with Crippen LogP contribution in [0.2, 0.25) is 0 Å². The van der Waals surface area contributed by atoms with E-state index in [-0.39, 0.29) is 18.8 Å². The fraction of sp³-hybridized carbons (Fsp3) is 0.609. The quantitative estimate of drug-likeness (QED) is 0.658. The number of carbonyl (C=O) groups excluding carboxylic acids is 3. The van der Waals surface area contributed by atoms with Gasteiger partial charge in [-0.15, -0.1) is 0 Å². The van der Waals surface area contributed by atoms with Gasteiger partial charge in [0.2, 0.25) is 5.91 Å². The summed E-state index contributed by atoms with van der Waals surface area (Å²) in [4.78, 5) is 38.3. The van der Waals surface area contributed by atoms with Crippen molar-refractivity contribution in [2.75, 3.05) is 6.61 Å². The Morgan fingerprint density at radius 2 is 1.71 bits per heavy atom. The van der Waals surface area contributed by atoms with Crippen molar-refractivity contribution in [3.8, 4) is 11.5 Å². The van der Waals surface area contributed by atoms with Crippen LogP contribution < -0.4 is 10.5 Å². The van der Waals surface area contributed by atoms with Crippen LogP contribution >= 0.6 is 0 Å². The van der Waals surface area contributed by atoms with E-state index in [0.717, 1.165) is 0 Å². The van der Waals surface area contributed by atoms with Crippen molar-refractivity contribution in [2.24, 2.45) is 17.6 Å². The Kier molecular flexibility index (Phi) is 6.93. The van der Waals surface area contributed by atoms with E-state index in [2.05, 4.69) is 0 Å². The average Bonchev–Trinajstić information content (AvgIpc) is 2.94. The number of phenolic OH excluding ortho intramolecular Hbond substituents is 1. The molecule has 1 heterocycles. The molecule has 0 saturated heterocycles. The molecule has 1 aromatic rings. The number of hydrogen-bond donors (Lipinski definition) is 2. The van der Waals surface area contributed by atoms with Crippen LogP contribution in [0.3, 0.4) is 0 Å². The molecule has 0 saturated carbocycles. The number of primary amides is 1. The fourth-order valence-corrected chi connectivity index (χ4v) is 3.86. The topological polar surface area (TPSA) is 125 Å².